The molecule has 0 aromatic carbocycles. The summed E-state index contributed by atoms with van der Waals surface area (Å²) < 4.78 is 22.7. The number of aromatic nitrogens is 1. The van der Waals surface area contributed by atoms with E-state index in [0.29, 0.717) is 5.01 Å². The molecular formula is C10H18N2O2S2. The van der Waals surface area contributed by atoms with Gasteiger partial charge in [0.05, 0.1) is 5.69 Å². The van der Waals surface area contributed by atoms with Crippen molar-refractivity contribution in [3.63, 3.8) is 0 Å². The molecule has 0 spiro atoms. The summed E-state index contributed by atoms with van der Waals surface area (Å²) in [5.41, 5.74) is 6.73. The molecule has 4 nitrogen and oxygen atoms in total. The Labute approximate surface area is 101 Å². The van der Waals surface area contributed by atoms with Gasteiger partial charge in [-0.1, -0.05) is 13.3 Å². The van der Waals surface area contributed by atoms with Crippen LogP contribution < -0.4 is 5.73 Å². The second-order valence-corrected chi connectivity index (χ2v) is 7.23. The van der Waals surface area contributed by atoms with Crippen molar-refractivity contribution in [2.75, 3.05) is 6.26 Å². The van der Waals surface area contributed by atoms with E-state index >= 15 is 0 Å². The lowest BCUT2D eigenvalue weighted by Crippen LogP contribution is -2.11. The average Bonchev–Trinajstić information content (AvgIpc) is 2.64. The van der Waals surface area contributed by atoms with Crippen LogP contribution in [-0.4, -0.2) is 19.7 Å². The van der Waals surface area contributed by atoms with Gasteiger partial charge in [0.1, 0.15) is 10.3 Å². The van der Waals surface area contributed by atoms with Crippen LogP contribution in [0.4, 0.5) is 0 Å². The quantitative estimate of drug-likeness (QED) is 0.881. The molecule has 0 aliphatic rings. The highest BCUT2D eigenvalue weighted by Crippen LogP contribution is 2.27. The van der Waals surface area contributed by atoms with E-state index in [-0.39, 0.29) is 6.04 Å². The van der Waals surface area contributed by atoms with Crippen molar-refractivity contribution in [3.05, 3.63) is 16.1 Å². The number of nitrogens with two attached hydrogens (primary N) is 1. The molecule has 1 heterocycles. The van der Waals surface area contributed by atoms with Gasteiger partial charge in [-0.2, -0.15) is 0 Å². The molecule has 2 N–H and O–H groups in total. The van der Waals surface area contributed by atoms with E-state index in [2.05, 4.69) is 11.9 Å². The maximum absolute atomic E-state index is 11.4. The van der Waals surface area contributed by atoms with Gasteiger partial charge in [-0.3, -0.25) is 0 Å². The monoisotopic (exact) mass is 262 g/mol. The number of hydrogen-bond acceptors (Lipinski definition) is 5. The van der Waals surface area contributed by atoms with E-state index < -0.39 is 15.1 Å². The summed E-state index contributed by atoms with van der Waals surface area (Å²) in [6, 6.07) is -0.0817. The van der Waals surface area contributed by atoms with E-state index in [1.54, 1.807) is 6.92 Å². The van der Waals surface area contributed by atoms with Crippen molar-refractivity contribution in [2.45, 2.75) is 38.0 Å². The molecule has 0 saturated carbocycles. The minimum absolute atomic E-state index is 0.0817. The first kappa shape index (κ1) is 13.6. The lowest BCUT2D eigenvalue weighted by Gasteiger charge is -2.07. The van der Waals surface area contributed by atoms with E-state index in [0.717, 1.165) is 18.5 Å². The molecule has 1 aromatic rings. The van der Waals surface area contributed by atoms with Crippen molar-refractivity contribution in [2.24, 2.45) is 5.73 Å². The van der Waals surface area contributed by atoms with Crippen LogP contribution in [-0.2, 0) is 9.84 Å². The molecule has 6 heteroatoms. The smallest absolute Gasteiger partial charge is 0.156 e. The molecule has 0 radical (unpaired) electrons. The summed E-state index contributed by atoms with van der Waals surface area (Å²) in [6.45, 7) is 3.72. The highest BCUT2D eigenvalue weighted by molar-refractivity contribution is 7.91. The summed E-state index contributed by atoms with van der Waals surface area (Å²) in [6.07, 6.45) is 3.09. The number of sulfone groups is 1. The Morgan fingerprint density at radius 3 is 2.69 bits per heavy atom. The Balaban J connectivity index is 2.87. The number of hydrogen-bond donors (Lipinski definition) is 1. The lowest BCUT2D eigenvalue weighted by atomic mass is 10.1. The van der Waals surface area contributed by atoms with Crippen LogP contribution >= 0.6 is 11.3 Å². The third-order valence-electron chi connectivity index (χ3n) is 2.51. The van der Waals surface area contributed by atoms with Gasteiger partial charge in [0.25, 0.3) is 0 Å². The van der Waals surface area contributed by atoms with Gasteiger partial charge in [-0.05, 0) is 13.3 Å². The summed E-state index contributed by atoms with van der Waals surface area (Å²) in [5.74, 6) is 0. The second kappa shape index (κ2) is 5.25. The van der Waals surface area contributed by atoms with Gasteiger partial charge in [0.2, 0.25) is 0 Å². The summed E-state index contributed by atoms with van der Waals surface area (Å²) in [7, 11) is -3.07. The first-order valence-corrected chi connectivity index (χ1v) is 8.09. The fourth-order valence-electron chi connectivity index (χ4n) is 1.30. The third kappa shape index (κ3) is 3.26. The Morgan fingerprint density at radius 2 is 2.19 bits per heavy atom. The average molecular weight is 262 g/mol. The maximum Gasteiger partial charge on any atom is 0.156 e. The van der Waals surface area contributed by atoms with E-state index in [1.807, 2.05) is 5.38 Å². The van der Waals surface area contributed by atoms with Crippen LogP contribution in [0.5, 0.6) is 0 Å². The van der Waals surface area contributed by atoms with Crippen molar-refractivity contribution < 1.29 is 8.42 Å². The molecule has 1 rings (SSSR count). The molecule has 1 aromatic heterocycles. The molecule has 2 atom stereocenters. The topological polar surface area (TPSA) is 73.1 Å². The molecule has 0 bridgehead atoms. The van der Waals surface area contributed by atoms with Crippen molar-refractivity contribution in [1.82, 2.24) is 4.98 Å². The van der Waals surface area contributed by atoms with Gasteiger partial charge in [-0.25, -0.2) is 13.4 Å². The maximum atomic E-state index is 11.4. The fraction of sp³-hybridized carbons (Fsp3) is 0.700. The Morgan fingerprint density at radius 1 is 1.56 bits per heavy atom. The molecule has 0 fully saturated rings. The van der Waals surface area contributed by atoms with E-state index in [4.69, 9.17) is 5.73 Å². The van der Waals surface area contributed by atoms with E-state index in [9.17, 15) is 8.42 Å². The molecular weight excluding hydrogens is 244 g/mol. The second-order valence-electron chi connectivity index (χ2n) is 3.98. The highest BCUT2D eigenvalue weighted by Gasteiger charge is 2.21. The van der Waals surface area contributed by atoms with Crippen LogP contribution in [0, 0.1) is 0 Å². The Hall–Kier alpha value is -0.460. The molecule has 0 aliphatic heterocycles. The predicted octanol–water partition coefficient (Wildman–Crippen LogP) is 2.05. The van der Waals surface area contributed by atoms with Crippen LogP contribution in [0.1, 0.15) is 48.7 Å². The molecule has 2 unspecified atom stereocenters. The standard InChI is InChI=1S/C10H18N2O2S2/c1-4-5-8(11)9-6-15-10(12-9)7(2)16(3,13)14/h6-8H,4-5,11H2,1-3H3. The number of nitrogens with zero attached hydrogens (tertiary/aromatic N) is 1. The number of thiazole rings is 1. The van der Waals surface area contributed by atoms with Gasteiger partial charge in [-0.15, -0.1) is 11.3 Å². The van der Waals surface area contributed by atoms with Crippen LogP contribution in [0.2, 0.25) is 0 Å². The zero-order chi connectivity index (χ0) is 12.3. The Kier molecular flexibility index (Phi) is 4.46. The fourth-order valence-corrected chi connectivity index (χ4v) is 3.23. The van der Waals surface area contributed by atoms with Crippen LogP contribution in [0.25, 0.3) is 0 Å². The summed E-state index contributed by atoms with van der Waals surface area (Å²) in [5, 5.41) is 1.95. The predicted molar refractivity (Wildman–Crippen MR) is 67.2 cm³/mol. The molecule has 92 valence electrons. The van der Waals surface area contributed by atoms with Gasteiger partial charge in [0, 0.05) is 17.7 Å². The van der Waals surface area contributed by atoms with Gasteiger partial charge < -0.3 is 5.73 Å². The van der Waals surface area contributed by atoms with Crippen molar-refractivity contribution in [1.29, 1.82) is 0 Å². The lowest BCUT2D eigenvalue weighted by molar-refractivity contribution is 0.590. The minimum Gasteiger partial charge on any atom is -0.323 e. The molecule has 16 heavy (non-hydrogen) atoms. The SMILES string of the molecule is CCCC(N)c1csc(C(C)S(C)(=O)=O)n1. The number of rotatable bonds is 5. The van der Waals surface area contributed by atoms with Crippen molar-refractivity contribution >= 4 is 21.2 Å². The summed E-state index contributed by atoms with van der Waals surface area (Å²) in [4.78, 5) is 4.31. The largest absolute Gasteiger partial charge is 0.323 e. The molecule has 0 aliphatic carbocycles. The summed E-state index contributed by atoms with van der Waals surface area (Å²) >= 11 is 1.37. The van der Waals surface area contributed by atoms with Crippen LogP contribution in [0.15, 0.2) is 5.38 Å². The normalized spacial score (nSPS) is 16.0. The zero-order valence-electron chi connectivity index (χ0n) is 9.80. The Bertz CT molecular complexity index is 439. The first-order valence-electron chi connectivity index (χ1n) is 5.26. The van der Waals surface area contributed by atoms with Crippen LogP contribution in [0.3, 0.4) is 0 Å². The highest BCUT2D eigenvalue weighted by atomic mass is 32.2. The first-order chi connectivity index (χ1) is 7.36. The van der Waals surface area contributed by atoms with E-state index in [1.165, 1.54) is 17.6 Å². The minimum atomic E-state index is -3.07. The van der Waals surface area contributed by atoms with Crippen molar-refractivity contribution in [3.8, 4) is 0 Å². The molecule has 0 saturated heterocycles. The van der Waals surface area contributed by atoms with Gasteiger partial charge >= 0.3 is 0 Å². The zero-order valence-corrected chi connectivity index (χ0v) is 11.4. The third-order valence-corrected chi connectivity index (χ3v) is 5.21. The van der Waals surface area contributed by atoms with Gasteiger partial charge in [0.15, 0.2) is 9.84 Å². The molecule has 0 amide bonds.